The van der Waals surface area contributed by atoms with Gasteiger partial charge in [-0.15, -0.1) is 0 Å². The van der Waals surface area contributed by atoms with Gasteiger partial charge < -0.3 is 14.6 Å². The van der Waals surface area contributed by atoms with Gasteiger partial charge in [0.1, 0.15) is 11.5 Å². The molecule has 0 aliphatic carbocycles. The van der Waals surface area contributed by atoms with E-state index in [9.17, 15) is 18.7 Å². The lowest BCUT2D eigenvalue weighted by Gasteiger charge is -2.08. The van der Waals surface area contributed by atoms with Gasteiger partial charge in [-0.05, 0) is 31.0 Å². The minimum absolute atomic E-state index is 0.116. The molecule has 0 heterocycles. The molecule has 0 saturated heterocycles. The minimum atomic E-state index is -2.95. The standard InChI is InChI=1S/C12H14F2O4/c1-2-17-11(16)4-3-8-5-9(15)7-10(6-8)18-12(13)14/h5-7,12,15H,2-4H2,1H3. The Morgan fingerprint density at radius 3 is 2.72 bits per heavy atom. The summed E-state index contributed by atoms with van der Waals surface area (Å²) < 4.78 is 33.0. The van der Waals surface area contributed by atoms with Gasteiger partial charge >= 0.3 is 12.6 Å². The normalized spacial score (nSPS) is 10.4. The summed E-state index contributed by atoms with van der Waals surface area (Å²) in [5.41, 5.74) is 0.527. The number of halogens is 2. The van der Waals surface area contributed by atoms with Crippen molar-refractivity contribution in [3.63, 3.8) is 0 Å². The third kappa shape index (κ3) is 4.99. The number of benzene rings is 1. The van der Waals surface area contributed by atoms with Crippen LogP contribution in [0, 0.1) is 0 Å². The molecule has 1 aromatic carbocycles. The second-order valence-electron chi connectivity index (χ2n) is 3.52. The average molecular weight is 260 g/mol. The molecule has 0 atom stereocenters. The van der Waals surface area contributed by atoms with Crippen LogP contribution in [0.25, 0.3) is 0 Å². The maximum Gasteiger partial charge on any atom is 0.387 e. The van der Waals surface area contributed by atoms with E-state index in [1.807, 2.05) is 0 Å². The second-order valence-corrected chi connectivity index (χ2v) is 3.52. The lowest BCUT2D eigenvalue weighted by molar-refractivity contribution is -0.143. The Labute approximate surface area is 103 Å². The number of ether oxygens (including phenoxy) is 2. The molecule has 0 aromatic heterocycles. The Morgan fingerprint density at radius 2 is 2.11 bits per heavy atom. The largest absolute Gasteiger partial charge is 0.508 e. The first-order valence-corrected chi connectivity index (χ1v) is 5.44. The van der Waals surface area contributed by atoms with E-state index >= 15 is 0 Å². The molecule has 1 aromatic rings. The van der Waals surface area contributed by atoms with Gasteiger partial charge in [0, 0.05) is 12.5 Å². The summed E-state index contributed by atoms with van der Waals surface area (Å²) in [7, 11) is 0. The van der Waals surface area contributed by atoms with Crippen molar-refractivity contribution in [3.05, 3.63) is 23.8 Å². The second kappa shape index (κ2) is 6.78. The SMILES string of the molecule is CCOC(=O)CCc1cc(O)cc(OC(F)F)c1. The summed E-state index contributed by atoms with van der Waals surface area (Å²) in [4.78, 5) is 11.1. The van der Waals surface area contributed by atoms with Gasteiger partial charge in [0.15, 0.2) is 0 Å². The predicted molar refractivity (Wildman–Crippen MR) is 59.7 cm³/mol. The van der Waals surface area contributed by atoms with E-state index in [-0.39, 0.29) is 30.3 Å². The molecule has 0 saturated carbocycles. The Kier molecular flexibility index (Phi) is 5.35. The van der Waals surface area contributed by atoms with Crippen LogP contribution >= 0.6 is 0 Å². The molecular formula is C12H14F2O4. The molecule has 4 nitrogen and oxygen atoms in total. The monoisotopic (exact) mass is 260 g/mol. The highest BCUT2D eigenvalue weighted by Gasteiger charge is 2.09. The van der Waals surface area contributed by atoms with E-state index in [1.54, 1.807) is 6.92 Å². The molecule has 0 amide bonds. The number of rotatable bonds is 6. The quantitative estimate of drug-likeness (QED) is 0.798. The highest BCUT2D eigenvalue weighted by atomic mass is 19.3. The summed E-state index contributed by atoms with van der Waals surface area (Å²) in [6, 6.07) is 3.82. The topological polar surface area (TPSA) is 55.8 Å². The van der Waals surface area contributed by atoms with Crippen LogP contribution < -0.4 is 4.74 Å². The molecule has 100 valence electrons. The van der Waals surface area contributed by atoms with E-state index in [0.717, 1.165) is 6.07 Å². The van der Waals surface area contributed by atoms with Crippen molar-refractivity contribution in [1.82, 2.24) is 0 Å². The van der Waals surface area contributed by atoms with Crippen LogP contribution in [-0.4, -0.2) is 24.3 Å². The summed E-state index contributed by atoms with van der Waals surface area (Å²) in [6.07, 6.45) is 0.401. The van der Waals surface area contributed by atoms with E-state index in [2.05, 4.69) is 4.74 Å². The van der Waals surface area contributed by atoms with Crippen LogP contribution in [-0.2, 0) is 16.0 Å². The number of alkyl halides is 2. The van der Waals surface area contributed by atoms with Crippen LogP contribution in [0.5, 0.6) is 11.5 Å². The Balaban J connectivity index is 2.65. The molecule has 0 unspecified atom stereocenters. The zero-order valence-electron chi connectivity index (χ0n) is 9.86. The fourth-order valence-electron chi connectivity index (χ4n) is 1.44. The fraction of sp³-hybridized carbons (Fsp3) is 0.417. The number of hydrogen-bond acceptors (Lipinski definition) is 4. The maximum atomic E-state index is 12.0. The van der Waals surface area contributed by atoms with E-state index < -0.39 is 6.61 Å². The highest BCUT2D eigenvalue weighted by Crippen LogP contribution is 2.24. The van der Waals surface area contributed by atoms with Gasteiger partial charge in [0.25, 0.3) is 0 Å². The van der Waals surface area contributed by atoms with Gasteiger partial charge in [-0.1, -0.05) is 0 Å². The predicted octanol–water partition coefficient (Wildman–Crippen LogP) is 2.49. The third-order valence-electron chi connectivity index (χ3n) is 2.10. The lowest BCUT2D eigenvalue weighted by Crippen LogP contribution is -2.06. The summed E-state index contributed by atoms with van der Waals surface area (Å²) in [6.45, 7) is -0.968. The van der Waals surface area contributed by atoms with Crippen LogP contribution in [0.3, 0.4) is 0 Å². The Morgan fingerprint density at radius 1 is 1.39 bits per heavy atom. The number of carbonyl (C=O) groups is 1. The number of phenolic OH excluding ortho intramolecular Hbond substituents is 1. The first kappa shape index (κ1) is 14.2. The Hall–Kier alpha value is -1.85. The summed E-state index contributed by atoms with van der Waals surface area (Å²) in [5, 5.41) is 9.33. The smallest absolute Gasteiger partial charge is 0.387 e. The Bertz CT molecular complexity index is 407. The number of phenols is 1. The van der Waals surface area contributed by atoms with Crippen molar-refractivity contribution in [3.8, 4) is 11.5 Å². The summed E-state index contributed by atoms with van der Waals surface area (Å²) >= 11 is 0. The van der Waals surface area contributed by atoms with Crippen LogP contribution in [0.2, 0.25) is 0 Å². The summed E-state index contributed by atoms with van der Waals surface area (Å²) in [5.74, 6) is -0.701. The van der Waals surface area contributed by atoms with Crippen molar-refractivity contribution < 1.29 is 28.2 Å². The number of aromatic hydroxyl groups is 1. The van der Waals surface area contributed by atoms with Gasteiger partial charge in [-0.2, -0.15) is 8.78 Å². The van der Waals surface area contributed by atoms with Crippen molar-refractivity contribution in [2.45, 2.75) is 26.4 Å². The minimum Gasteiger partial charge on any atom is -0.508 e. The van der Waals surface area contributed by atoms with Crippen molar-refractivity contribution >= 4 is 5.97 Å². The number of aryl methyl sites for hydroxylation is 1. The number of hydrogen-bond donors (Lipinski definition) is 1. The molecule has 0 bridgehead atoms. The first-order chi connectivity index (χ1) is 8.51. The number of carbonyl (C=O) groups excluding carboxylic acids is 1. The highest BCUT2D eigenvalue weighted by molar-refractivity contribution is 5.69. The van der Waals surface area contributed by atoms with Crippen LogP contribution in [0.1, 0.15) is 18.9 Å². The fourth-order valence-corrected chi connectivity index (χ4v) is 1.44. The average Bonchev–Trinajstić information content (AvgIpc) is 2.25. The molecular weight excluding hydrogens is 246 g/mol. The molecule has 0 radical (unpaired) electrons. The molecule has 1 rings (SSSR count). The number of esters is 1. The molecule has 18 heavy (non-hydrogen) atoms. The lowest BCUT2D eigenvalue weighted by atomic mass is 10.1. The zero-order chi connectivity index (χ0) is 13.5. The maximum absolute atomic E-state index is 12.0. The van der Waals surface area contributed by atoms with Crippen molar-refractivity contribution in [1.29, 1.82) is 0 Å². The molecule has 0 aliphatic heterocycles. The van der Waals surface area contributed by atoms with Gasteiger partial charge in [-0.25, -0.2) is 0 Å². The van der Waals surface area contributed by atoms with Gasteiger partial charge in [0.05, 0.1) is 6.61 Å². The van der Waals surface area contributed by atoms with E-state index in [0.29, 0.717) is 12.2 Å². The van der Waals surface area contributed by atoms with Crippen molar-refractivity contribution in [2.24, 2.45) is 0 Å². The van der Waals surface area contributed by atoms with Gasteiger partial charge in [-0.3, -0.25) is 4.79 Å². The third-order valence-corrected chi connectivity index (χ3v) is 2.10. The van der Waals surface area contributed by atoms with Gasteiger partial charge in [0.2, 0.25) is 0 Å². The molecule has 0 spiro atoms. The molecule has 0 aliphatic rings. The van der Waals surface area contributed by atoms with Crippen LogP contribution in [0.15, 0.2) is 18.2 Å². The molecule has 0 fully saturated rings. The first-order valence-electron chi connectivity index (χ1n) is 5.44. The zero-order valence-corrected chi connectivity index (χ0v) is 9.86. The molecule has 1 N–H and O–H groups in total. The van der Waals surface area contributed by atoms with E-state index in [4.69, 9.17) is 4.74 Å². The van der Waals surface area contributed by atoms with Crippen LogP contribution in [0.4, 0.5) is 8.78 Å². The van der Waals surface area contributed by atoms with Crippen molar-refractivity contribution in [2.75, 3.05) is 6.61 Å². The molecule has 6 heteroatoms. The van der Waals surface area contributed by atoms with E-state index in [1.165, 1.54) is 12.1 Å².